The lowest BCUT2D eigenvalue weighted by molar-refractivity contribution is -0.160. The van der Waals surface area contributed by atoms with Crippen LogP contribution in [0.25, 0.3) is 0 Å². The predicted molar refractivity (Wildman–Crippen MR) is 81.1 cm³/mol. The molecule has 0 N–H and O–H groups in total. The first-order valence-electron chi connectivity index (χ1n) is 6.75. The molecule has 1 amide bonds. The van der Waals surface area contributed by atoms with Crippen LogP contribution in [0, 0.1) is 5.41 Å². The van der Waals surface area contributed by atoms with E-state index in [0.29, 0.717) is 5.70 Å². The van der Waals surface area contributed by atoms with E-state index >= 15 is 0 Å². The molecule has 3 atom stereocenters. The van der Waals surface area contributed by atoms with E-state index in [9.17, 15) is 21.6 Å². The molecule has 0 radical (unpaired) electrons. The number of β-lactam (4-membered cyclic amide) rings is 1. The normalized spacial score (nSPS) is 31.8. The van der Waals surface area contributed by atoms with Crippen LogP contribution < -0.4 is 0 Å². The molecule has 0 bridgehead atoms. The molecule has 0 aromatic heterocycles. The molecule has 9 heteroatoms. The number of ether oxygens (including phenoxy) is 1. The van der Waals surface area contributed by atoms with Crippen LogP contribution in [0.1, 0.15) is 27.7 Å². The minimum absolute atomic E-state index is 0.189. The molecular formula is C13H21NO6S2. The Bertz CT molecular complexity index is 757. The first kappa shape index (κ1) is 17.4. The summed E-state index contributed by atoms with van der Waals surface area (Å²) in [5.74, 6) is -0.452. The highest BCUT2D eigenvalue weighted by atomic mass is 32.3. The molecule has 2 aliphatic rings. The Hall–Kier alpha value is -0.930. The molecule has 1 fully saturated rings. The van der Waals surface area contributed by atoms with Gasteiger partial charge in [-0.25, -0.2) is 16.8 Å². The van der Waals surface area contributed by atoms with Crippen molar-refractivity contribution >= 4 is 25.6 Å². The third kappa shape index (κ3) is 2.21. The molecule has 2 heterocycles. The minimum atomic E-state index is -4.12. The maximum absolute atomic E-state index is 12.7. The summed E-state index contributed by atoms with van der Waals surface area (Å²) in [7, 11) is -6.77. The number of methoxy groups -OCH3 is 1. The number of rotatable bonds is 2. The summed E-state index contributed by atoms with van der Waals surface area (Å²) >= 11 is 0. The molecule has 1 saturated heterocycles. The van der Waals surface area contributed by atoms with Gasteiger partial charge in [-0.05, 0) is 12.5 Å². The van der Waals surface area contributed by atoms with Crippen LogP contribution in [0.4, 0.5) is 0 Å². The van der Waals surface area contributed by atoms with Gasteiger partial charge in [0.1, 0.15) is 0 Å². The van der Waals surface area contributed by atoms with Gasteiger partial charge in [-0.2, -0.15) is 0 Å². The van der Waals surface area contributed by atoms with Crippen molar-refractivity contribution in [3.63, 3.8) is 0 Å². The van der Waals surface area contributed by atoms with Crippen LogP contribution in [-0.4, -0.2) is 57.1 Å². The van der Waals surface area contributed by atoms with E-state index in [1.54, 1.807) is 0 Å². The van der Waals surface area contributed by atoms with Gasteiger partial charge in [0.05, 0.1) is 0 Å². The second-order valence-electron chi connectivity index (χ2n) is 6.79. The fourth-order valence-corrected chi connectivity index (χ4v) is 8.38. The van der Waals surface area contributed by atoms with Gasteiger partial charge in [0, 0.05) is 24.5 Å². The monoisotopic (exact) mass is 351 g/mol. The summed E-state index contributed by atoms with van der Waals surface area (Å²) in [5.41, 5.74) is 0.0606. The van der Waals surface area contributed by atoms with Crippen LogP contribution >= 0.6 is 0 Å². The van der Waals surface area contributed by atoms with Gasteiger partial charge in [0.25, 0.3) is 5.91 Å². The summed E-state index contributed by atoms with van der Waals surface area (Å²) in [6.07, 6.45) is -0.253. The maximum atomic E-state index is 12.7. The van der Waals surface area contributed by atoms with E-state index in [0.717, 1.165) is 6.26 Å². The van der Waals surface area contributed by atoms with Crippen LogP contribution in [0.15, 0.2) is 11.3 Å². The maximum Gasteiger partial charge on any atom is 0.260 e. The molecule has 0 spiro atoms. The van der Waals surface area contributed by atoms with Crippen LogP contribution in [0.5, 0.6) is 0 Å². The lowest BCUT2D eigenvalue weighted by Crippen LogP contribution is -2.72. The van der Waals surface area contributed by atoms with E-state index in [-0.39, 0.29) is 5.57 Å². The fraction of sp³-hybridized carbons (Fsp3) is 0.769. The molecule has 2 rings (SSSR count). The van der Waals surface area contributed by atoms with Crippen molar-refractivity contribution in [3.8, 4) is 0 Å². The Balaban J connectivity index is 2.82. The number of amides is 1. The number of allylic oxidation sites excluding steroid dienone is 1. The number of hydrogen-bond acceptors (Lipinski definition) is 6. The SMILES string of the molecule is CO[C@H]1C(=O)N2C(C(C)(C)C)=C(C)C(S(C)(=O)=O)S(=O)(=O)[C@H]12. The van der Waals surface area contributed by atoms with Gasteiger partial charge < -0.3 is 4.74 Å². The Morgan fingerprint density at radius 2 is 1.73 bits per heavy atom. The third-order valence-corrected chi connectivity index (χ3v) is 9.02. The van der Waals surface area contributed by atoms with Crippen molar-refractivity contribution in [3.05, 3.63) is 11.3 Å². The Morgan fingerprint density at radius 3 is 2.09 bits per heavy atom. The second-order valence-corrected chi connectivity index (χ2v) is 11.3. The largest absolute Gasteiger partial charge is 0.368 e. The number of carbonyl (C=O) groups is 1. The van der Waals surface area contributed by atoms with Crippen molar-refractivity contribution in [1.82, 2.24) is 4.90 Å². The Labute approximate surface area is 131 Å². The van der Waals surface area contributed by atoms with Crippen LogP contribution in [-0.2, 0) is 29.2 Å². The molecule has 0 aromatic carbocycles. The average Bonchev–Trinajstić information content (AvgIpc) is 2.26. The molecule has 0 saturated carbocycles. The average molecular weight is 351 g/mol. The molecular weight excluding hydrogens is 330 g/mol. The predicted octanol–water partition coefficient (Wildman–Crippen LogP) is 0.289. The number of nitrogens with zero attached hydrogens (tertiary/aromatic N) is 1. The quantitative estimate of drug-likeness (QED) is 0.663. The summed E-state index contributed by atoms with van der Waals surface area (Å²) in [6.45, 7) is 6.90. The highest BCUT2D eigenvalue weighted by molar-refractivity contribution is 8.09. The molecule has 22 heavy (non-hydrogen) atoms. The third-order valence-electron chi connectivity index (χ3n) is 3.95. The van der Waals surface area contributed by atoms with E-state index in [1.165, 1.54) is 18.9 Å². The molecule has 7 nitrogen and oxygen atoms in total. The zero-order valence-electron chi connectivity index (χ0n) is 13.4. The second kappa shape index (κ2) is 4.78. The standard InChI is InChI=1S/C13H21NO6S2/c1-7-9(13(2,3)4)14-10(15)8(20-5)11(14)22(18,19)12(7)21(6,16)17/h8,11-12H,1-6H3/t8-,11+,12?/m0/s1. The Morgan fingerprint density at radius 1 is 1.23 bits per heavy atom. The topological polar surface area (TPSA) is 97.8 Å². The summed E-state index contributed by atoms with van der Waals surface area (Å²) in [4.78, 5) is 13.4. The molecule has 126 valence electrons. The summed E-state index contributed by atoms with van der Waals surface area (Å²) < 4.78 is 53.0. The van der Waals surface area contributed by atoms with Gasteiger partial charge in [-0.3, -0.25) is 9.69 Å². The molecule has 0 aliphatic carbocycles. The van der Waals surface area contributed by atoms with E-state index in [1.807, 2.05) is 20.8 Å². The van der Waals surface area contributed by atoms with E-state index in [4.69, 9.17) is 4.74 Å². The van der Waals surface area contributed by atoms with Gasteiger partial charge >= 0.3 is 0 Å². The fourth-order valence-electron chi connectivity index (χ4n) is 3.40. The van der Waals surface area contributed by atoms with Crippen LogP contribution in [0.2, 0.25) is 0 Å². The van der Waals surface area contributed by atoms with Gasteiger partial charge in [-0.15, -0.1) is 0 Å². The molecule has 2 aliphatic heterocycles. The number of hydrogen-bond donors (Lipinski definition) is 0. The highest BCUT2D eigenvalue weighted by Gasteiger charge is 2.64. The van der Waals surface area contributed by atoms with Crippen molar-refractivity contribution in [1.29, 1.82) is 0 Å². The Kier molecular flexibility index (Phi) is 3.79. The van der Waals surface area contributed by atoms with Crippen LogP contribution in [0.3, 0.4) is 0 Å². The van der Waals surface area contributed by atoms with Gasteiger partial charge in [-0.1, -0.05) is 20.8 Å². The lowest BCUT2D eigenvalue weighted by atomic mass is 9.85. The van der Waals surface area contributed by atoms with Gasteiger partial charge in [0.2, 0.25) is 0 Å². The first-order valence-corrected chi connectivity index (χ1v) is 10.3. The number of carbonyl (C=O) groups excluding carboxylic acids is 1. The minimum Gasteiger partial charge on any atom is -0.368 e. The van der Waals surface area contributed by atoms with E-state index in [2.05, 4.69) is 0 Å². The summed E-state index contributed by atoms with van der Waals surface area (Å²) in [6, 6.07) is 0. The van der Waals surface area contributed by atoms with Crippen molar-refractivity contribution in [2.45, 2.75) is 43.8 Å². The van der Waals surface area contributed by atoms with Crippen molar-refractivity contribution in [2.24, 2.45) is 5.41 Å². The number of fused-ring (bicyclic) bond motifs is 1. The number of sulfone groups is 2. The van der Waals surface area contributed by atoms with Gasteiger partial charge in [0.15, 0.2) is 35.7 Å². The lowest BCUT2D eigenvalue weighted by Gasteiger charge is -2.53. The zero-order chi connectivity index (χ0) is 17.2. The smallest absolute Gasteiger partial charge is 0.260 e. The molecule has 1 unspecified atom stereocenters. The highest BCUT2D eigenvalue weighted by Crippen LogP contribution is 2.47. The molecule has 0 aromatic rings. The zero-order valence-corrected chi connectivity index (χ0v) is 15.1. The first-order chi connectivity index (χ1) is 9.76. The van der Waals surface area contributed by atoms with Crippen molar-refractivity contribution < 1.29 is 26.4 Å². The van der Waals surface area contributed by atoms with E-state index < -0.39 is 47.1 Å². The summed E-state index contributed by atoms with van der Waals surface area (Å²) in [5, 5.41) is -1.28. The van der Waals surface area contributed by atoms with Crippen molar-refractivity contribution in [2.75, 3.05) is 13.4 Å².